The van der Waals surface area contributed by atoms with Gasteiger partial charge in [-0.05, 0) is 76.7 Å². The summed E-state index contributed by atoms with van der Waals surface area (Å²) in [4.78, 5) is 25.5. The standard InChI is InChI=1S/C47H82NO4.BF4/c1-6-8-10-12-14-16-18-20-22-24-26-28-30-32-34-36-46(49)51-41-45(40-48-43(4)38-42(3)39-44(48)5)52-47(50)37-35-33-31-29-27-25-23-21-19-17-15-13-11-9-7-2;2-1(3,4)5/h20-23,38-39,45H,6-19,24-37,40-41H2,1-5H3;/q+1;-1. The molecule has 330 valence electrons. The fourth-order valence-corrected chi connectivity index (χ4v) is 6.93. The van der Waals surface area contributed by atoms with E-state index >= 15 is 0 Å². The third-order valence-corrected chi connectivity index (χ3v) is 10.1. The zero-order valence-electron chi connectivity index (χ0n) is 36.9. The van der Waals surface area contributed by atoms with Crippen molar-refractivity contribution in [2.45, 2.75) is 227 Å². The SMILES string of the molecule is CCCCCCCCC=CCCCCCCCC(=O)OCC(C[n+]1c(C)cc(C)cc1C)OC(=O)CCCCCCCC=CCCCCCCCC.F[B-](F)(F)F. The number of ether oxygens (including phenoxy) is 2. The molecule has 0 radical (unpaired) electrons. The van der Waals surface area contributed by atoms with Crippen LogP contribution in [0.25, 0.3) is 0 Å². The zero-order chi connectivity index (χ0) is 42.4. The number of hydrogen-bond acceptors (Lipinski definition) is 4. The predicted octanol–water partition coefficient (Wildman–Crippen LogP) is 14.7. The van der Waals surface area contributed by atoms with E-state index in [9.17, 15) is 26.9 Å². The number of carbonyl (C=O) groups is 2. The van der Waals surface area contributed by atoms with Gasteiger partial charge in [-0.15, -0.1) is 0 Å². The molecule has 0 fully saturated rings. The van der Waals surface area contributed by atoms with Crippen LogP contribution in [0.3, 0.4) is 0 Å². The molecule has 5 nitrogen and oxygen atoms in total. The van der Waals surface area contributed by atoms with Crippen LogP contribution in [-0.4, -0.2) is 31.9 Å². The van der Waals surface area contributed by atoms with Crippen molar-refractivity contribution in [3.63, 3.8) is 0 Å². The highest BCUT2D eigenvalue weighted by atomic mass is 19.5. The van der Waals surface area contributed by atoms with Gasteiger partial charge in [0.05, 0.1) is 0 Å². The molecule has 0 spiro atoms. The summed E-state index contributed by atoms with van der Waals surface area (Å²) in [5.74, 6) is -0.391. The average Bonchev–Trinajstić information content (AvgIpc) is 3.14. The molecule has 57 heavy (non-hydrogen) atoms. The number of pyridine rings is 1. The van der Waals surface area contributed by atoms with E-state index in [1.807, 2.05) is 0 Å². The van der Waals surface area contributed by atoms with Gasteiger partial charge in [0.1, 0.15) is 6.61 Å². The lowest BCUT2D eigenvalue weighted by Crippen LogP contribution is -2.48. The Morgan fingerprint density at radius 2 is 0.895 bits per heavy atom. The number of carbonyl (C=O) groups excluding carboxylic acids is 2. The van der Waals surface area contributed by atoms with Gasteiger partial charge < -0.3 is 26.7 Å². The van der Waals surface area contributed by atoms with Crippen LogP contribution in [0, 0.1) is 20.8 Å². The molecule has 0 aliphatic rings. The molecule has 0 saturated heterocycles. The summed E-state index contributed by atoms with van der Waals surface area (Å²) in [5.41, 5.74) is 3.42. The van der Waals surface area contributed by atoms with E-state index in [2.05, 4.69) is 75.6 Å². The van der Waals surface area contributed by atoms with E-state index in [1.165, 1.54) is 121 Å². The first-order valence-corrected chi connectivity index (χ1v) is 22.9. The lowest BCUT2D eigenvalue weighted by Gasteiger charge is -2.17. The summed E-state index contributed by atoms with van der Waals surface area (Å²) in [7, 11) is -6.00. The molecular weight excluding hydrogens is 729 g/mol. The molecule has 1 unspecified atom stereocenters. The minimum absolute atomic E-state index is 0.0990. The number of allylic oxidation sites excluding steroid dienone is 4. The van der Waals surface area contributed by atoms with Gasteiger partial charge in [0.25, 0.3) is 0 Å². The largest absolute Gasteiger partial charge is 0.673 e. The van der Waals surface area contributed by atoms with Gasteiger partial charge in [-0.2, -0.15) is 4.57 Å². The summed E-state index contributed by atoms with van der Waals surface area (Å²) in [5, 5.41) is 0. The number of unbranched alkanes of at least 4 members (excludes halogenated alkanes) is 22. The molecule has 1 heterocycles. The number of halogens is 4. The molecule has 1 rings (SSSR count). The van der Waals surface area contributed by atoms with Crippen molar-refractivity contribution in [2.75, 3.05) is 6.61 Å². The molecule has 0 aliphatic carbocycles. The Hall–Kier alpha value is -2.65. The second-order valence-electron chi connectivity index (χ2n) is 15.9. The van der Waals surface area contributed by atoms with E-state index in [4.69, 9.17) is 9.47 Å². The first-order valence-electron chi connectivity index (χ1n) is 22.9. The Morgan fingerprint density at radius 1 is 0.561 bits per heavy atom. The van der Waals surface area contributed by atoms with E-state index in [0.717, 1.165) is 62.8 Å². The maximum Gasteiger partial charge on any atom is 0.673 e. The smallest absolute Gasteiger partial charge is 0.461 e. The molecule has 1 aromatic heterocycles. The van der Waals surface area contributed by atoms with Crippen molar-refractivity contribution in [2.24, 2.45) is 0 Å². The van der Waals surface area contributed by atoms with Crippen molar-refractivity contribution in [3.8, 4) is 0 Å². The van der Waals surface area contributed by atoms with Crippen LogP contribution in [-0.2, 0) is 25.6 Å². The average molecular weight is 812 g/mol. The van der Waals surface area contributed by atoms with Gasteiger partial charge >= 0.3 is 19.2 Å². The highest BCUT2D eigenvalue weighted by molar-refractivity contribution is 6.50. The van der Waals surface area contributed by atoms with Crippen LogP contribution in [0.5, 0.6) is 0 Å². The van der Waals surface area contributed by atoms with Crippen LogP contribution >= 0.6 is 0 Å². The van der Waals surface area contributed by atoms with Crippen molar-refractivity contribution >= 4 is 19.2 Å². The topological polar surface area (TPSA) is 56.5 Å². The summed E-state index contributed by atoms with van der Waals surface area (Å²) < 4.78 is 52.8. The number of nitrogens with zero attached hydrogens (tertiary/aromatic N) is 1. The van der Waals surface area contributed by atoms with Gasteiger partial charge in [0.2, 0.25) is 0 Å². The molecule has 10 heteroatoms. The Morgan fingerprint density at radius 3 is 1.28 bits per heavy atom. The summed E-state index contributed by atoms with van der Waals surface area (Å²) in [6, 6.07) is 4.27. The fraction of sp³-hybridized carbons (Fsp3) is 0.766. The van der Waals surface area contributed by atoms with Crippen LogP contribution < -0.4 is 4.57 Å². The maximum absolute atomic E-state index is 12.9. The van der Waals surface area contributed by atoms with Gasteiger partial charge in [-0.25, -0.2) is 0 Å². The number of hydrogen-bond donors (Lipinski definition) is 0. The minimum Gasteiger partial charge on any atom is -0.461 e. The lowest BCUT2D eigenvalue weighted by molar-refractivity contribution is -0.714. The third kappa shape index (κ3) is 38.6. The van der Waals surface area contributed by atoms with Gasteiger partial charge in [0.15, 0.2) is 24.0 Å². The highest BCUT2D eigenvalue weighted by Gasteiger charge is 2.24. The third-order valence-electron chi connectivity index (χ3n) is 10.1. The van der Waals surface area contributed by atoms with E-state index in [-0.39, 0.29) is 18.5 Å². The van der Waals surface area contributed by atoms with E-state index < -0.39 is 13.4 Å². The Labute approximate surface area is 346 Å². The van der Waals surface area contributed by atoms with Crippen molar-refractivity contribution in [1.82, 2.24) is 0 Å². The monoisotopic (exact) mass is 812 g/mol. The quantitative estimate of drug-likeness (QED) is 0.0171. The zero-order valence-corrected chi connectivity index (χ0v) is 36.9. The molecule has 1 atom stereocenters. The maximum atomic E-state index is 12.9. The van der Waals surface area contributed by atoms with Crippen molar-refractivity contribution in [1.29, 1.82) is 0 Å². The highest BCUT2D eigenvalue weighted by Crippen LogP contribution is 2.14. The Kier molecular flexibility index (Phi) is 35.9. The second-order valence-corrected chi connectivity index (χ2v) is 15.9. The Balaban J connectivity index is 0.00000587. The molecule has 0 aliphatic heterocycles. The molecule has 0 saturated carbocycles. The molecular formula is C47H82BF4NO4. The van der Waals surface area contributed by atoms with E-state index in [1.54, 1.807) is 0 Å². The number of esters is 2. The molecule has 0 bridgehead atoms. The number of aromatic nitrogens is 1. The normalized spacial score (nSPS) is 12.2. The van der Waals surface area contributed by atoms with Crippen LogP contribution in [0.15, 0.2) is 36.4 Å². The van der Waals surface area contributed by atoms with Crippen LogP contribution in [0.4, 0.5) is 17.3 Å². The molecule has 0 aromatic carbocycles. The summed E-state index contributed by atoms with van der Waals surface area (Å²) >= 11 is 0. The summed E-state index contributed by atoms with van der Waals surface area (Å²) in [6.07, 6.45) is 41.7. The molecule has 1 aromatic rings. The van der Waals surface area contributed by atoms with Gasteiger partial charge in [-0.3, -0.25) is 9.59 Å². The van der Waals surface area contributed by atoms with Crippen molar-refractivity contribution in [3.05, 3.63) is 53.4 Å². The van der Waals surface area contributed by atoms with E-state index in [0.29, 0.717) is 19.4 Å². The summed E-state index contributed by atoms with van der Waals surface area (Å²) in [6.45, 7) is 11.4. The first-order chi connectivity index (χ1) is 27.4. The van der Waals surface area contributed by atoms with Gasteiger partial charge in [0, 0.05) is 38.8 Å². The predicted molar refractivity (Wildman–Crippen MR) is 231 cm³/mol. The van der Waals surface area contributed by atoms with Crippen molar-refractivity contribution < 1.29 is 40.9 Å². The van der Waals surface area contributed by atoms with Crippen LogP contribution in [0.1, 0.15) is 211 Å². The second kappa shape index (κ2) is 37.6. The fourth-order valence-electron chi connectivity index (χ4n) is 6.93. The van der Waals surface area contributed by atoms with Gasteiger partial charge in [-0.1, -0.05) is 141 Å². The van der Waals surface area contributed by atoms with Crippen LogP contribution in [0.2, 0.25) is 0 Å². The first kappa shape index (κ1) is 54.4. The molecule has 0 amide bonds. The Bertz CT molecular complexity index is 1160. The molecule has 0 N–H and O–H groups in total. The number of aryl methyl sites for hydroxylation is 3. The number of rotatable bonds is 35. The lowest BCUT2D eigenvalue weighted by atomic mass is 10.1. The minimum atomic E-state index is -6.00.